The fraction of sp³-hybridized carbons (Fsp3) is 0.400. The summed E-state index contributed by atoms with van der Waals surface area (Å²) < 4.78 is 43.0. The molecule has 1 aliphatic carbocycles. The van der Waals surface area contributed by atoms with Crippen LogP contribution in [0.15, 0.2) is 30.6 Å². The predicted octanol–water partition coefficient (Wildman–Crippen LogP) is 4.22. The van der Waals surface area contributed by atoms with Gasteiger partial charge in [-0.05, 0) is 44.9 Å². The van der Waals surface area contributed by atoms with E-state index in [1.807, 2.05) is 36.6 Å². The Morgan fingerprint density at radius 3 is 2.67 bits per heavy atom. The van der Waals surface area contributed by atoms with Crippen molar-refractivity contribution in [1.82, 2.24) is 29.1 Å². The van der Waals surface area contributed by atoms with Crippen LogP contribution in [-0.4, -0.2) is 41.9 Å². The molecule has 5 rings (SSSR count). The van der Waals surface area contributed by atoms with Crippen LogP contribution in [0.2, 0.25) is 0 Å². The molecule has 4 aromatic rings. The average Bonchev–Trinajstić information content (AvgIpc) is 3.30. The summed E-state index contributed by atoms with van der Waals surface area (Å²) in [6.45, 7) is 4.55. The van der Waals surface area contributed by atoms with E-state index in [4.69, 9.17) is 4.98 Å². The third-order valence-corrected chi connectivity index (χ3v) is 5.83. The van der Waals surface area contributed by atoms with E-state index in [1.165, 1.54) is 0 Å². The maximum Gasteiger partial charge on any atom is 0.396 e. The summed E-state index contributed by atoms with van der Waals surface area (Å²) in [6, 6.07) is 5.71. The molecule has 10 heteroatoms. The average molecular weight is 415 g/mol. The van der Waals surface area contributed by atoms with Gasteiger partial charge in [0.25, 0.3) is 0 Å². The molecule has 0 radical (unpaired) electrons. The molecule has 1 aliphatic rings. The molecular weight excluding hydrogens is 395 g/mol. The molecule has 1 saturated carbocycles. The SMILES string of the molecule is CCn1c(C)nc2ccc(-c3ccn4nc(NCC5(C(F)(F)F)CC5)ncc34)nc21. The van der Waals surface area contributed by atoms with Gasteiger partial charge in [-0.3, -0.25) is 0 Å². The van der Waals surface area contributed by atoms with Gasteiger partial charge in [0, 0.05) is 24.8 Å². The summed E-state index contributed by atoms with van der Waals surface area (Å²) in [5.74, 6) is 1.08. The topological polar surface area (TPSA) is 72.9 Å². The highest BCUT2D eigenvalue weighted by atomic mass is 19.4. The third-order valence-electron chi connectivity index (χ3n) is 5.83. The fourth-order valence-electron chi connectivity index (χ4n) is 3.80. The van der Waals surface area contributed by atoms with Gasteiger partial charge in [-0.2, -0.15) is 13.2 Å². The molecule has 0 spiro atoms. The maximum atomic E-state index is 13.1. The van der Waals surface area contributed by atoms with E-state index in [0.29, 0.717) is 0 Å². The molecule has 0 aromatic carbocycles. The van der Waals surface area contributed by atoms with Gasteiger partial charge in [-0.25, -0.2) is 19.5 Å². The first-order valence-corrected chi connectivity index (χ1v) is 9.80. The van der Waals surface area contributed by atoms with Gasteiger partial charge in [0.2, 0.25) is 5.95 Å². The molecule has 7 nitrogen and oxygen atoms in total. The summed E-state index contributed by atoms with van der Waals surface area (Å²) in [7, 11) is 0. The van der Waals surface area contributed by atoms with E-state index in [0.717, 1.165) is 40.3 Å². The highest BCUT2D eigenvalue weighted by molar-refractivity contribution is 5.82. The van der Waals surface area contributed by atoms with Crippen LogP contribution < -0.4 is 5.32 Å². The quantitative estimate of drug-likeness (QED) is 0.528. The minimum atomic E-state index is -4.21. The van der Waals surface area contributed by atoms with Crippen molar-refractivity contribution in [3.05, 3.63) is 36.4 Å². The number of imidazole rings is 1. The standard InChI is InChI=1S/C20H20F3N7/c1-3-29-12(2)26-15-5-4-14(27-17(15)29)13-6-9-30-16(13)10-24-18(28-30)25-11-19(7-8-19)20(21,22)23/h4-6,9-10H,3,7-8,11H2,1-2H3,(H,25,28). The number of halogens is 3. The zero-order chi connectivity index (χ0) is 21.1. The van der Waals surface area contributed by atoms with Gasteiger partial charge in [-0.15, -0.1) is 5.10 Å². The number of fused-ring (bicyclic) bond motifs is 2. The number of nitrogens with one attached hydrogen (secondary N) is 1. The Kier molecular flexibility index (Phi) is 4.03. The Morgan fingerprint density at radius 2 is 1.97 bits per heavy atom. The fourth-order valence-corrected chi connectivity index (χ4v) is 3.80. The molecule has 0 aliphatic heterocycles. The number of rotatable bonds is 5. The lowest BCUT2D eigenvalue weighted by atomic mass is 10.1. The summed E-state index contributed by atoms with van der Waals surface area (Å²) in [4.78, 5) is 13.5. The number of hydrogen-bond acceptors (Lipinski definition) is 5. The lowest BCUT2D eigenvalue weighted by Gasteiger charge is -2.19. The highest BCUT2D eigenvalue weighted by Crippen LogP contribution is 2.57. The van der Waals surface area contributed by atoms with E-state index in [9.17, 15) is 13.2 Å². The molecule has 1 N–H and O–H groups in total. The first kappa shape index (κ1) is 18.8. The van der Waals surface area contributed by atoms with E-state index in [-0.39, 0.29) is 25.3 Å². The van der Waals surface area contributed by atoms with Crippen LogP contribution in [0.25, 0.3) is 27.9 Å². The first-order valence-electron chi connectivity index (χ1n) is 9.80. The molecule has 0 amide bonds. The minimum Gasteiger partial charge on any atom is -0.352 e. The van der Waals surface area contributed by atoms with Gasteiger partial charge in [0.1, 0.15) is 11.3 Å². The minimum absolute atomic E-state index is 0.140. The monoisotopic (exact) mass is 415 g/mol. The number of nitrogens with zero attached hydrogens (tertiary/aromatic N) is 6. The van der Waals surface area contributed by atoms with Crippen LogP contribution in [0.1, 0.15) is 25.6 Å². The second-order valence-electron chi connectivity index (χ2n) is 7.72. The molecule has 4 aromatic heterocycles. The van der Waals surface area contributed by atoms with Crippen LogP contribution in [0.3, 0.4) is 0 Å². The Hall–Kier alpha value is -3.17. The third kappa shape index (κ3) is 2.89. The van der Waals surface area contributed by atoms with Crippen LogP contribution in [0, 0.1) is 12.3 Å². The Morgan fingerprint density at radius 1 is 1.17 bits per heavy atom. The van der Waals surface area contributed by atoms with Crippen LogP contribution >= 0.6 is 0 Å². The van der Waals surface area contributed by atoms with Crippen LogP contribution in [0.5, 0.6) is 0 Å². The van der Waals surface area contributed by atoms with Gasteiger partial charge in [0.05, 0.1) is 22.8 Å². The normalized spacial score (nSPS) is 15.8. The first-order chi connectivity index (χ1) is 14.3. The molecule has 0 atom stereocenters. The number of pyridine rings is 1. The zero-order valence-corrected chi connectivity index (χ0v) is 16.5. The van der Waals surface area contributed by atoms with Gasteiger partial charge >= 0.3 is 6.18 Å². The van der Waals surface area contributed by atoms with Gasteiger partial charge in [0.15, 0.2) is 5.65 Å². The van der Waals surface area contributed by atoms with Crippen molar-refractivity contribution in [3.63, 3.8) is 0 Å². The van der Waals surface area contributed by atoms with E-state index in [2.05, 4.69) is 20.4 Å². The highest BCUT2D eigenvalue weighted by Gasteiger charge is 2.62. The van der Waals surface area contributed by atoms with E-state index >= 15 is 0 Å². The van der Waals surface area contributed by atoms with Crippen molar-refractivity contribution in [2.75, 3.05) is 11.9 Å². The number of aryl methyl sites for hydroxylation is 2. The van der Waals surface area contributed by atoms with Crippen LogP contribution in [0.4, 0.5) is 19.1 Å². The number of hydrogen-bond donors (Lipinski definition) is 1. The zero-order valence-electron chi connectivity index (χ0n) is 16.5. The predicted molar refractivity (Wildman–Crippen MR) is 106 cm³/mol. The molecule has 0 bridgehead atoms. The Bertz CT molecular complexity index is 1250. The van der Waals surface area contributed by atoms with Crippen molar-refractivity contribution in [2.24, 2.45) is 5.41 Å². The van der Waals surface area contributed by atoms with Crippen LogP contribution in [-0.2, 0) is 6.54 Å². The molecule has 1 fully saturated rings. The number of aromatic nitrogens is 6. The van der Waals surface area contributed by atoms with Crippen molar-refractivity contribution in [3.8, 4) is 11.3 Å². The summed E-state index contributed by atoms with van der Waals surface area (Å²) in [5.41, 5.74) is 2.34. The second kappa shape index (κ2) is 6.41. The van der Waals surface area contributed by atoms with Crippen molar-refractivity contribution in [2.45, 2.75) is 39.4 Å². The summed E-state index contributed by atoms with van der Waals surface area (Å²) in [6.07, 6.45) is -0.574. The van der Waals surface area contributed by atoms with Crippen molar-refractivity contribution >= 4 is 22.6 Å². The molecular formula is C20H20F3N7. The summed E-state index contributed by atoms with van der Waals surface area (Å²) in [5, 5.41) is 7.06. The largest absolute Gasteiger partial charge is 0.396 e. The molecule has 0 unspecified atom stereocenters. The lowest BCUT2D eigenvalue weighted by Crippen LogP contribution is -2.32. The molecule has 0 saturated heterocycles. The van der Waals surface area contributed by atoms with E-state index < -0.39 is 11.6 Å². The van der Waals surface area contributed by atoms with Gasteiger partial charge in [-0.1, -0.05) is 0 Å². The van der Waals surface area contributed by atoms with Gasteiger partial charge < -0.3 is 9.88 Å². The lowest BCUT2D eigenvalue weighted by molar-refractivity contribution is -0.182. The molecule has 4 heterocycles. The van der Waals surface area contributed by atoms with E-state index in [1.54, 1.807) is 16.9 Å². The molecule has 30 heavy (non-hydrogen) atoms. The van der Waals surface area contributed by atoms with Crippen molar-refractivity contribution < 1.29 is 13.2 Å². The molecule has 156 valence electrons. The Labute approximate surface area is 170 Å². The maximum absolute atomic E-state index is 13.1. The number of alkyl halides is 3. The second-order valence-corrected chi connectivity index (χ2v) is 7.72. The smallest absolute Gasteiger partial charge is 0.352 e. The Balaban J connectivity index is 1.45. The summed E-state index contributed by atoms with van der Waals surface area (Å²) >= 11 is 0. The van der Waals surface area contributed by atoms with Crippen molar-refractivity contribution in [1.29, 1.82) is 0 Å². The number of anilines is 1.